The number of hydrogen-bond acceptors (Lipinski definition) is 4. The van der Waals surface area contributed by atoms with E-state index in [0.29, 0.717) is 13.2 Å². The summed E-state index contributed by atoms with van der Waals surface area (Å²) in [6, 6.07) is 0. The number of aliphatic hydroxyl groups excluding tert-OH is 1. The fourth-order valence-corrected chi connectivity index (χ4v) is 1.05. The van der Waals surface area contributed by atoms with Gasteiger partial charge < -0.3 is 19.9 Å². The van der Waals surface area contributed by atoms with Crippen LogP contribution in [-0.4, -0.2) is 56.0 Å². The van der Waals surface area contributed by atoms with Crippen LogP contribution in [0.5, 0.6) is 0 Å². The van der Waals surface area contributed by atoms with Crippen LogP contribution in [0.3, 0.4) is 0 Å². The van der Waals surface area contributed by atoms with E-state index in [-0.39, 0.29) is 6.61 Å². The first-order valence-electron chi connectivity index (χ1n) is 4.54. The zero-order chi connectivity index (χ0) is 11.3. The molecule has 0 aromatic heterocycles. The Balaban J connectivity index is 2.22. The lowest BCUT2D eigenvalue weighted by Crippen LogP contribution is -2.46. The Morgan fingerprint density at radius 2 is 2.27 bits per heavy atom. The molecule has 1 saturated heterocycles. The molecular formula is C8H13F2NO4. The second kappa shape index (κ2) is 5.94. The summed E-state index contributed by atoms with van der Waals surface area (Å²) in [4.78, 5) is 11.3. The second-order valence-electron chi connectivity index (χ2n) is 3.08. The van der Waals surface area contributed by atoms with Crippen molar-refractivity contribution in [2.24, 2.45) is 0 Å². The molecule has 0 spiro atoms. The van der Waals surface area contributed by atoms with Crippen molar-refractivity contribution >= 4 is 5.91 Å². The molecule has 1 aliphatic heterocycles. The number of ether oxygens (including phenoxy) is 2. The van der Waals surface area contributed by atoms with Gasteiger partial charge in [0.05, 0.1) is 19.8 Å². The lowest BCUT2D eigenvalue weighted by Gasteiger charge is -2.22. The Bertz CT molecular complexity index is 209. The molecule has 0 aromatic carbocycles. The van der Waals surface area contributed by atoms with Gasteiger partial charge in [-0.05, 0) is 0 Å². The highest BCUT2D eigenvalue weighted by molar-refractivity contribution is 5.81. The van der Waals surface area contributed by atoms with Gasteiger partial charge in [-0.25, -0.2) is 8.78 Å². The van der Waals surface area contributed by atoms with Crippen LogP contribution in [-0.2, 0) is 14.3 Å². The zero-order valence-corrected chi connectivity index (χ0v) is 7.99. The molecule has 2 unspecified atom stereocenters. The summed E-state index contributed by atoms with van der Waals surface area (Å²) in [7, 11) is 0. The molecule has 2 N–H and O–H groups in total. The van der Waals surface area contributed by atoms with Crippen LogP contribution in [0.25, 0.3) is 0 Å². The van der Waals surface area contributed by atoms with E-state index in [2.05, 4.69) is 5.32 Å². The van der Waals surface area contributed by atoms with Crippen molar-refractivity contribution in [3.63, 3.8) is 0 Å². The van der Waals surface area contributed by atoms with Crippen LogP contribution in [0.2, 0.25) is 0 Å². The molecule has 0 saturated carbocycles. The predicted molar refractivity (Wildman–Crippen MR) is 45.6 cm³/mol. The molecule has 1 heterocycles. The van der Waals surface area contributed by atoms with E-state index in [1.165, 1.54) is 0 Å². The molecule has 88 valence electrons. The molecule has 1 amide bonds. The van der Waals surface area contributed by atoms with Crippen LogP contribution < -0.4 is 5.32 Å². The topological polar surface area (TPSA) is 67.8 Å². The smallest absolute Gasteiger partial charge is 0.265 e. The lowest BCUT2D eigenvalue weighted by atomic mass is 10.3. The van der Waals surface area contributed by atoms with Gasteiger partial charge >= 0.3 is 0 Å². The number of carbonyl (C=O) groups is 1. The lowest BCUT2D eigenvalue weighted by molar-refractivity contribution is -0.148. The fourth-order valence-electron chi connectivity index (χ4n) is 1.05. The number of carbonyl (C=O) groups excluding carboxylic acids is 1. The Morgan fingerprint density at radius 1 is 1.53 bits per heavy atom. The second-order valence-corrected chi connectivity index (χ2v) is 3.08. The molecule has 0 aliphatic carbocycles. The quantitative estimate of drug-likeness (QED) is 0.653. The minimum absolute atomic E-state index is 0.108. The van der Waals surface area contributed by atoms with Crippen molar-refractivity contribution < 1.29 is 28.2 Å². The molecule has 15 heavy (non-hydrogen) atoms. The van der Waals surface area contributed by atoms with Gasteiger partial charge in [0.25, 0.3) is 12.3 Å². The van der Waals surface area contributed by atoms with E-state index in [0.717, 1.165) is 0 Å². The first-order valence-corrected chi connectivity index (χ1v) is 4.54. The minimum atomic E-state index is -2.87. The summed E-state index contributed by atoms with van der Waals surface area (Å²) >= 11 is 0. The van der Waals surface area contributed by atoms with E-state index < -0.39 is 31.1 Å². The van der Waals surface area contributed by atoms with Gasteiger partial charge in [0, 0.05) is 6.54 Å². The molecular weight excluding hydrogens is 212 g/mol. The van der Waals surface area contributed by atoms with Gasteiger partial charge in [0.15, 0.2) is 6.10 Å². The Kier molecular flexibility index (Phi) is 4.86. The monoisotopic (exact) mass is 225 g/mol. The summed E-state index contributed by atoms with van der Waals surface area (Å²) < 4.78 is 33.7. The maximum atomic E-state index is 11.9. The molecule has 1 fully saturated rings. The van der Waals surface area contributed by atoms with Gasteiger partial charge in [-0.1, -0.05) is 0 Å². The van der Waals surface area contributed by atoms with Crippen LogP contribution in [0.1, 0.15) is 0 Å². The van der Waals surface area contributed by atoms with E-state index in [1.54, 1.807) is 0 Å². The third kappa shape index (κ3) is 4.06. The molecule has 7 heteroatoms. The summed E-state index contributed by atoms with van der Waals surface area (Å²) in [6.07, 6.45) is -5.49. The van der Waals surface area contributed by atoms with E-state index in [1.807, 2.05) is 0 Å². The fraction of sp³-hybridized carbons (Fsp3) is 0.875. The van der Waals surface area contributed by atoms with Crippen molar-refractivity contribution in [2.45, 2.75) is 18.6 Å². The van der Waals surface area contributed by atoms with Gasteiger partial charge in [-0.2, -0.15) is 0 Å². The van der Waals surface area contributed by atoms with E-state index in [9.17, 15) is 13.6 Å². The van der Waals surface area contributed by atoms with E-state index in [4.69, 9.17) is 14.6 Å². The highest BCUT2D eigenvalue weighted by atomic mass is 19.3. The van der Waals surface area contributed by atoms with Crippen LogP contribution >= 0.6 is 0 Å². The van der Waals surface area contributed by atoms with Crippen molar-refractivity contribution in [1.29, 1.82) is 0 Å². The summed E-state index contributed by atoms with van der Waals surface area (Å²) in [5, 5.41) is 10.9. The number of aliphatic hydroxyl groups is 1. The average Bonchev–Trinajstić information content (AvgIpc) is 2.26. The molecule has 0 bridgehead atoms. The molecule has 0 radical (unpaired) electrons. The van der Waals surface area contributed by atoms with Gasteiger partial charge in [-0.3, -0.25) is 4.79 Å². The molecule has 5 nitrogen and oxygen atoms in total. The number of alkyl halides is 2. The highest BCUT2D eigenvalue weighted by Crippen LogP contribution is 2.02. The first kappa shape index (κ1) is 12.3. The number of rotatable bonds is 4. The first-order chi connectivity index (χ1) is 7.11. The van der Waals surface area contributed by atoms with Gasteiger partial charge in [0.1, 0.15) is 6.10 Å². The van der Waals surface area contributed by atoms with Crippen molar-refractivity contribution in [2.75, 3.05) is 26.4 Å². The largest absolute Gasteiger partial charge is 0.385 e. The van der Waals surface area contributed by atoms with Crippen molar-refractivity contribution in [3.05, 3.63) is 0 Å². The maximum Gasteiger partial charge on any atom is 0.265 e. The maximum absolute atomic E-state index is 11.9. The third-order valence-corrected chi connectivity index (χ3v) is 1.88. The predicted octanol–water partition coefficient (Wildman–Crippen LogP) is -0.856. The number of halogens is 2. The average molecular weight is 225 g/mol. The standard InChI is InChI=1S/C8H13F2NO4/c9-7(10)5(12)3-11-8(13)6-4-14-1-2-15-6/h5-7,12H,1-4H2,(H,11,13). The Morgan fingerprint density at radius 3 is 2.80 bits per heavy atom. The molecule has 1 aliphatic rings. The minimum Gasteiger partial charge on any atom is -0.385 e. The number of nitrogens with one attached hydrogen (secondary N) is 1. The summed E-state index contributed by atoms with van der Waals surface area (Å²) in [5.74, 6) is -0.547. The number of amides is 1. The number of hydrogen-bond donors (Lipinski definition) is 2. The molecule has 1 rings (SSSR count). The Labute approximate surface area is 85.4 Å². The molecule has 2 atom stereocenters. The summed E-state index contributed by atoms with van der Waals surface area (Å²) in [5.41, 5.74) is 0. The summed E-state index contributed by atoms with van der Waals surface area (Å²) in [6.45, 7) is 0.339. The van der Waals surface area contributed by atoms with Crippen molar-refractivity contribution in [3.8, 4) is 0 Å². The van der Waals surface area contributed by atoms with Crippen LogP contribution in [0, 0.1) is 0 Å². The van der Waals surface area contributed by atoms with E-state index >= 15 is 0 Å². The van der Waals surface area contributed by atoms with Crippen LogP contribution in [0.4, 0.5) is 8.78 Å². The Hall–Kier alpha value is -0.790. The normalized spacial score (nSPS) is 23.9. The zero-order valence-electron chi connectivity index (χ0n) is 7.99. The van der Waals surface area contributed by atoms with Gasteiger partial charge in [0.2, 0.25) is 0 Å². The SMILES string of the molecule is O=C(NCC(O)C(F)F)C1COCCO1. The van der Waals surface area contributed by atoms with Crippen molar-refractivity contribution in [1.82, 2.24) is 5.32 Å². The van der Waals surface area contributed by atoms with Gasteiger partial charge in [-0.15, -0.1) is 0 Å². The third-order valence-electron chi connectivity index (χ3n) is 1.88. The van der Waals surface area contributed by atoms with Crippen LogP contribution in [0.15, 0.2) is 0 Å². The molecule has 0 aromatic rings. The highest BCUT2D eigenvalue weighted by Gasteiger charge is 2.24.